The molecule has 1 radical (unpaired) electrons. The Hall–Kier alpha value is -4.17. The number of rotatable bonds is 6. The van der Waals surface area contributed by atoms with Crippen molar-refractivity contribution in [1.29, 1.82) is 0 Å². The summed E-state index contributed by atoms with van der Waals surface area (Å²) in [5.74, 6) is 0. The fourth-order valence-corrected chi connectivity index (χ4v) is 4.60. The molecule has 0 saturated carbocycles. The largest absolute Gasteiger partial charge is 0.305 e. The maximum absolute atomic E-state index is 4.48. The molecule has 6 aromatic rings. The van der Waals surface area contributed by atoms with E-state index < -0.39 is 0 Å². The second kappa shape index (κ2) is 11.9. The minimum Gasteiger partial charge on any atom is -0.305 e. The van der Waals surface area contributed by atoms with Gasteiger partial charge in [-0.1, -0.05) is 78.9 Å². The zero-order valence-electron chi connectivity index (χ0n) is 20.7. The van der Waals surface area contributed by atoms with Crippen LogP contribution in [0.2, 0.25) is 0 Å². The predicted octanol–water partition coefficient (Wildman–Crippen LogP) is 8.53. The van der Waals surface area contributed by atoms with Crippen molar-refractivity contribution in [3.05, 3.63) is 157 Å². The van der Waals surface area contributed by atoms with Gasteiger partial charge in [-0.25, -0.2) is 0 Å². The minimum absolute atomic E-state index is 0. The second-order valence-corrected chi connectivity index (χ2v) is 9.06. The van der Waals surface area contributed by atoms with Gasteiger partial charge in [-0.2, -0.15) is 0 Å². The Morgan fingerprint density at radius 3 is 1.71 bits per heavy atom. The molecule has 0 aliphatic heterocycles. The summed E-state index contributed by atoms with van der Waals surface area (Å²) in [7, 11) is 0. The van der Waals surface area contributed by atoms with Crippen LogP contribution in [0.1, 0.15) is 11.3 Å². The van der Waals surface area contributed by atoms with E-state index in [0.29, 0.717) is 0 Å². The monoisotopic (exact) mass is 666 g/mol. The van der Waals surface area contributed by atoms with Crippen molar-refractivity contribution in [2.24, 2.45) is 0 Å². The Labute approximate surface area is 237 Å². The average molecular weight is 666 g/mol. The van der Waals surface area contributed by atoms with Crippen LogP contribution in [-0.4, -0.2) is 9.97 Å². The fraction of sp³-hybridized carbons (Fsp3) is 0.0286. The van der Waals surface area contributed by atoms with E-state index in [1.54, 1.807) is 0 Å². The molecule has 0 aliphatic rings. The summed E-state index contributed by atoms with van der Waals surface area (Å²) in [5, 5.41) is 0. The molecule has 3 heteroatoms. The van der Waals surface area contributed by atoms with Crippen LogP contribution in [0.25, 0.3) is 44.6 Å². The van der Waals surface area contributed by atoms with Gasteiger partial charge < -0.3 is 4.98 Å². The van der Waals surface area contributed by atoms with Crippen LogP contribution in [0, 0.1) is 6.07 Å². The van der Waals surface area contributed by atoms with E-state index in [0.717, 1.165) is 28.9 Å². The number of hydrogen-bond acceptors (Lipinski definition) is 2. The van der Waals surface area contributed by atoms with E-state index in [-0.39, 0.29) is 20.1 Å². The Morgan fingerprint density at radius 2 is 1.11 bits per heavy atom. The third kappa shape index (κ3) is 5.86. The smallest absolute Gasteiger partial charge is 0.0447 e. The van der Waals surface area contributed by atoms with Crippen molar-refractivity contribution in [3.8, 4) is 44.6 Å². The molecule has 0 fully saturated rings. The molecule has 0 N–H and O–H groups in total. The molecule has 0 bridgehead atoms. The standard InChI is InChI=1S/C35H25N2.Ir/c1-3-20-36-34(14-1)22-26-16-18-27(19-17-26)28-8-5-9-29(23-28)30-10-6-11-31(24-30)32-12-7-13-33(25-32)35-15-2-4-21-37-35;/h1-12,14-21,23-25H,22H2;/q-1;. The number of benzene rings is 4. The first-order valence-electron chi connectivity index (χ1n) is 12.5. The van der Waals surface area contributed by atoms with Crippen molar-refractivity contribution in [1.82, 2.24) is 9.97 Å². The molecule has 0 amide bonds. The molecule has 38 heavy (non-hydrogen) atoms. The van der Waals surface area contributed by atoms with Gasteiger partial charge in [0.25, 0.3) is 0 Å². The van der Waals surface area contributed by atoms with Crippen LogP contribution in [0.4, 0.5) is 0 Å². The Bertz CT molecular complexity index is 1630. The molecule has 0 saturated heterocycles. The molecule has 185 valence electrons. The van der Waals surface area contributed by atoms with Gasteiger partial charge in [0.05, 0.1) is 0 Å². The Balaban J connectivity index is 0.00000294. The maximum atomic E-state index is 4.48. The van der Waals surface area contributed by atoms with E-state index in [2.05, 4.69) is 107 Å². The van der Waals surface area contributed by atoms with Crippen LogP contribution < -0.4 is 0 Å². The van der Waals surface area contributed by atoms with E-state index in [9.17, 15) is 0 Å². The summed E-state index contributed by atoms with van der Waals surface area (Å²) in [4.78, 5) is 8.92. The van der Waals surface area contributed by atoms with Gasteiger partial charge in [0.1, 0.15) is 0 Å². The third-order valence-electron chi connectivity index (χ3n) is 6.53. The Morgan fingerprint density at radius 1 is 0.500 bits per heavy atom. The fourth-order valence-electron chi connectivity index (χ4n) is 4.60. The van der Waals surface area contributed by atoms with Crippen LogP contribution >= 0.6 is 0 Å². The van der Waals surface area contributed by atoms with E-state index in [1.807, 2.05) is 48.8 Å². The number of hydrogen-bond donors (Lipinski definition) is 0. The minimum atomic E-state index is 0. The first kappa shape index (κ1) is 25.5. The zero-order valence-corrected chi connectivity index (χ0v) is 23.1. The average Bonchev–Trinajstić information content (AvgIpc) is 2.99. The van der Waals surface area contributed by atoms with Crippen LogP contribution in [0.15, 0.2) is 140 Å². The van der Waals surface area contributed by atoms with Gasteiger partial charge in [0, 0.05) is 44.6 Å². The van der Waals surface area contributed by atoms with E-state index >= 15 is 0 Å². The first-order chi connectivity index (χ1) is 18.3. The molecular formula is C35H25IrN2-. The Kier molecular flexibility index (Phi) is 7.99. The van der Waals surface area contributed by atoms with Crippen LogP contribution in [-0.2, 0) is 26.5 Å². The maximum Gasteiger partial charge on any atom is 0.0447 e. The number of pyridine rings is 2. The number of nitrogens with zero attached hydrogens (tertiary/aromatic N) is 2. The predicted molar refractivity (Wildman–Crippen MR) is 152 cm³/mol. The summed E-state index contributed by atoms with van der Waals surface area (Å²) in [6, 6.07) is 47.8. The zero-order chi connectivity index (χ0) is 24.9. The molecule has 0 aliphatic carbocycles. The van der Waals surface area contributed by atoms with Crippen molar-refractivity contribution in [2.45, 2.75) is 6.42 Å². The molecule has 0 unspecified atom stereocenters. The van der Waals surface area contributed by atoms with Crippen molar-refractivity contribution in [2.75, 3.05) is 0 Å². The molecule has 2 nitrogen and oxygen atoms in total. The summed E-state index contributed by atoms with van der Waals surface area (Å²) in [6.07, 6.45) is 4.50. The SMILES string of the molecule is [Ir].[c-]1ccc(-c2cccc(-c3cccc(-c4ccc(Cc5ccccn5)cc4)c3)c2)cc1-c1ccccn1. The van der Waals surface area contributed by atoms with Gasteiger partial charge in [-0.15, -0.1) is 35.4 Å². The van der Waals surface area contributed by atoms with Gasteiger partial charge >= 0.3 is 0 Å². The van der Waals surface area contributed by atoms with Crippen LogP contribution in [0.5, 0.6) is 0 Å². The summed E-state index contributed by atoms with van der Waals surface area (Å²) in [5.41, 5.74) is 11.4. The molecule has 2 heterocycles. The van der Waals surface area contributed by atoms with Crippen LogP contribution in [0.3, 0.4) is 0 Å². The normalized spacial score (nSPS) is 10.5. The molecule has 0 spiro atoms. The van der Waals surface area contributed by atoms with Crippen molar-refractivity contribution < 1.29 is 20.1 Å². The topological polar surface area (TPSA) is 25.8 Å². The van der Waals surface area contributed by atoms with E-state index in [4.69, 9.17) is 0 Å². The number of aromatic nitrogens is 2. The molecule has 2 aromatic heterocycles. The van der Waals surface area contributed by atoms with Gasteiger partial charge in [0.2, 0.25) is 0 Å². The van der Waals surface area contributed by atoms with Crippen molar-refractivity contribution >= 4 is 0 Å². The second-order valence-electron chi connectivity index (χ2n) is 9.06. The van der Waals surface area contributed by atoms with Gasteiger partial charge in [-0.05, 0) is 69.4 Å². The quantitative estimate of drug-likeness (QED) is 0.167. The molecule has 4 aromatic carbocycles. The third-order valence-corrected chi connectivity index (χ3v) is 6.53. The summed E-state index contributed by atoms with van der Waals surface area (Å²) in [6.45, 7) is 0. The molecular weight excluding hydrogens is 641 g/mol. The van der Waals surface area contributed by atoms with Crippen molar-refractivity contribution in [3.63, 3.8) is 0 Å². The summed E-state index contributed by atoms with van der Waals surface area (Å²) >= 11 is 0. The van der Waals surface area contributed by atoms with Gasteiger partial charge in [-0.3, -0.25) is 4.98 Å². The van der Waals surface area contributed by atoms with E-state index in [1.165, 1.54) is 33.4 Å². The summed E-state index contributed by atoms with van der Waals surface area (Å²) < 4.78 is 0. The first-order valence-corrected chi connectivity index (χ1v) is 12.5. The van der Waals surface area contributed by atoms with Gasteiger partial charge in [0.15, 0.2) is 0 Å². The molecule has 0 atom stereocenters. The molecule has 6 rings (SSSR count).